The first-order chi connectivity index (χ1) is 11.1. The van der Waals surface area contributed by atoms with Crippen LogP contribution in [-0.4, -0.2) is 31.6 Å². The molecule has 0 aliphatic rings. The maximum absolute atomic E-state index is 12.9. The summed E-state index contributed by atoms with van der Waals surface area (Å²) >= 11 is 0. The molecule has 1 amide bonds. The van der Waals surface area contributed by atoms with Gasteiger partial charge in [-0.15, -0.1) is 0 Å². The lowest BCUT2D eigenvalue weighted by Crippen LogP contribution is -2.30. The molecule has 0 aromatic heterocycles. The predicted molar refractivity (Wildman–Crippen MR) is 91.1 cm³/mol. The van der Waals surface area contributed by atoms with Gasteiger partial charge < -0.3 is 14.4 Å². The van der Waals surface area contributed by atoms with E-state index in [0.29, 0.717) is 17.9 Å². The zero-order valence-corrected chi connectivity index (χ0v) is 14.1. The van der Waals surface area contributed by atoms with E-state index in [4.69, 9.17) is 9.47 Å². The molecule has 4 nitrogen and oxygen atoms in total. The van der Waals surface area contributed by atoms with Crippen molar-refractivity contribution in [2.75, 3.05) is 20.8 Å². The molecule has 1 unspecified atom stereocenters. The van der Waals surface area contributed by atoms with Crippen LogP contribution in [-0.2, 0) is 0 Å². The van der Waals surface area contributed by atoms with E-state index in [-0.39, 0.29) is 11.9 Å². The molecule has 0 N–H and O–H groups in total. The van der Waals surface area contributed by atoms with Gasteiger partial charge in [-0.3, -0.25) is 4.79 Å². The van der Waals surface area contributed by atoms with E-state index in [9.17, 15) is 4.79 Å². The molecule has 4 heteroatoms. The summed E-state index contributed by atoms with van der Waals surface area (Å²) < 4.78 is 11.0. The monoisotopic (exact) mass is 313 g/mol. The first kappa shape index (κ1) is 16.9. The topological polar surface area (TPSA) is 38.8 Å². The number of para-hydroxylation sites is 2. The van der Waals surface area contributed by atoms with Crippen LogP contribution in [0.2, 0.25) is 0 Å². The van der Waals surface area contributed by atoms with Gasteiger partial charge in [-0.25, -0.2) is 0 Å². The summed E-state index contributed by atoms with van der Waals surface area (Å²) in [6, 6.07) is 14.9. The molecule has 23 heavy (non-hydrogen) atoms. The van der Waals surface area contributed by atoms with E-state index in [1.54, 1.807) is 25.1 Å². The predicted octanol–water partition coefficient (Wildman–Crippen LogP) is 3.93. The molecule has 122 valence electrons. The lowest BCUT2D eigenvalue weighted by molar-refractivity contribution is 0.0737. The Morgan fingerprint density at radius 3 is 2.35 bits per heavy atom. The number of rotatable bonds is 6. The molecule has 2 rings (SSSR count). The SMILES string of the molecule is CCOc1ccccc1C(=O)N(C)C(C)c1ccccc1OC. The average molecular weight is 313 g/mol. The molecule has 0 aliphatic carbocycles. The minimum Gasteiger partial charge on any atom is -0.496 e. The van der Waals surface area contributed by atoms with Crippen LogP contribution in [0.15, 0.2) is 48.5 Å². The third-order valence-electron chi connectivity index (χ3n) is 3.91. The minimum atomic E-state index is -0.117. The number of carbonyl (C=O) groups is 1. The Balaban J connectivity index is 2.29. The van der Waals surface area contributed by atoms with E-state index < -0.39 is 0 Å². The molecule has 2 aromatic carbocycles. The van der Waals surface area contributed by atoms with Crippen LogP contribution in [0.3, 0.4) is 0 Å². The molecule has 0 fully saturated rings. The van der Waals surface area contributed by atoms with Crippen molar-refractivity contribution in [1.29, 1.82) is 0 Å². The van der Waals surface area contributed by atoms with Crippen LogP contribution in [0.1, 0.15) is 35.8 Å². The van der Waals surface area contributed by atoms with Crippen LogP contribution < -0.4 is 9.47 Å². The van der Waals surface area contributed by atoms with Gasteiger partial charge in [0.15, 0.2) is 0 Å². The second kappa shape index (κ2) is 7.68. The van der Waals surface area contributed by atoms with Crippen LogP contribution >= 0.6 is 0 Å². The van der Waals surface area contributed by atoms with Gasteiger partial charge in [0.2, 0.25) is 0 Å². The van der Waals surface area contributed by atoms with Crippen molar-refractivity contribution in [2.24, 2.45) is 0 Å². The third-order valence-corrected chi connectivity index (χ3v) is 3.91. The van der Waals surface area contributed by atoms with E-state index >= 15 is 0 Å². The van der Waals surface area contributed by atoms with Crippen molar-refractivity contribution in [3.05, 3.63) is 59.7 Å². The molecule has 0 spiro atoms. The lowest BCUT2D eigenvalue weighted by atomic mass is 10.0. The Morgan fingerprint density at radius 2 is 1.70 bits per heavy atom. The fourth-order valence-electron chi connectivity index (χ4n) is 2.51. The molecule has 1 atom stereocenters. The lowest BCUT2D eigenvalue weighted by Gasteiger charge is -2.27. The second-order valence-electron chi connectivity index (χ2n) is 5.26. The quantitative estimate of drug-likeness (QED) is 0.811. The molecular weight excluding hydrogens is 290 g/mol. The van der Waals surface area contributed by atoms with Crippen molar-refractivity contribution in [3.8, 4) is 11.5 Å². The van der Waals surface area contributed by atoms with Gasteiger partial charge in [0, 0.05) is 12.6 Å². The van der Waals surface area contributed by atoms with Crippen LogP contribution in [0.5, 0.6) is 11.5 Å². The number of methoxy groups -OCH3 is 1. The van der Waals surface area contributed by atoms with Gasteiger partial charge in [-0.05, 0) is 32.0 Å². The molecule has 0 heterocycles. The van der Waals surface area contributed by atoms with Gasteiger partial charge in [-0.1, -0.05) is 30.3 Å². The molecule has 0 bridgehead atoms. The second-order valence-corrected chi connectivity index (χ2v) is 5.26. The van der Waals surface area contributed by atoms with Gasteiger partial charge in [0.05, 0.1) is 25.3 Å². The Morgan fingerprint density at radius 1 is 1.09 bits per heavy atom. The molecule has 2 aromatic rings. The number of hydrogen-bond donors (Lipinski definition) is 0. The van der Waals surface area contributed by atoms with Gasteiger partial charge in [0.25, 0.3) is 5.91 Å². The maximum atomic E-state index is 12.9. The van der Waals surface area contributed by atoms with Gasteiger partial charge in [0.1, 0.15) is 11.5 Å². The standard InChI is InChI=1S/C19H23NO3/c1-5-23-18-13-9-7-11-16(18)19(21)20(3)14(2)15-10-6-8-12-17(15)22-4/h6-14H,5H2,1-4H3. The summed E-state index contributed by atoms with van der Waals surface area (Å²) in [5.74, 6) is 1.31. The smallest absolute Gasteiger partial charge is 0.257 e. The molecule has 0 radical (unpaired) electrons. The van der Waals surface area contributed by atoms with Crippen molar-refractivity contribution in [3.63, 3.8) is 0 Å². The highest BCUT2D eigenvalue weighted by Crippen LogP contribution is 2.30. The van der Waals surface area contributed by atoms with E-state index in [1.807, 2.05) is 56.3 Å². The van der Waals surface area contributed by atoms with Crippen molar-refractivity contribution >= 4 is 5.91 Å². The summed E-state index contributed by atoms with van der Waals surface area (Å²) in [5.41, 5.74) is 1.54. The zero-order valence-electron chi connectivity index (χ0n) is 14.1. The Labute approximate surface area is 137 Å². The fourth-order valence-corrected chi connectivity index (χ4v) is 2.51. The molecule has 0 saturated carbocycles. The van der Waals surface area contributed by atoms with Gasteiger partial charge in [-0.2, -0.15) is 0 Å². The van der Waals surface area contributed by atoms with Crippen LogP contribution in [0, 0.1) is 0 Å². The first-order valence-electron chi connectivity index (χ1n) is 7.72. The van der Waals surface area contributed by atoms with Crippen LogP contribution in [0.4, 0.5) is 0 Å². The minimum absolute atomic E-state index is 0.0764. The van der Waals surface area contributed by atoms with Crippen molar-refractivity contribution < 1.29 is 14.3 Å². The number of ether oxygens (including phenoxy) is 2. The van der Waals surface area contributed by atoms with Crippen LogP contribution in [0.25, 0.3) is 0 Å². The number of hydrogen-bond acceptors (Lipinski definition) is 3. The van der Waals surface area contributed by atoms with E-state index in [0.717, 1.165) is 11.3 Å². The Kier molecular flexibility index (Phi) is 5.63. The highest BCUT2D eigenvalue weighted by molar-refractivity contribution is 5.97. The summed E-state index contributed by atoms with van der Waals surface area (Å²) in [5, 5.41) is 0. The largest absolute Gasteiger partial charge is 0.496 e. The summed E-state index contributed by atoms with van der Waals surface area (Å²) in [7, 11) is 3.43. The highest BCUT2D eigenvalue weighted by atomic mass is 16.5. The average Bonchev–Trinajstić information content (AvgIpc) is 2.60. The van der Waals surface area contributed by atoms with Crippen molar-refractivity contribution in [2.45, 2.75) is 19.9 Å². The third kappa shape index (κ3) is 3.65. The first-order valence-corrected chi connectivity index (χ1v) is 7.72. The van der Waals surface area contributed by atoms with E-state index in [1.165, 1.54) is 0 Å². The Bertz CT molecular complexity index is 669. The number of benzene rings is 2. The fraction of sp³-hybridized carbons (Fsp3) is 0.316. The number of carbonyl (C=O) groups excluding carboxylic acids is 1. The molecule has 0 aliphatic heterocycles. The zero-order chi connectivity index (χ0) is 16.8. The summed E-state index contributed by atoms with van der Waals surface area (Å²) in [6.45, 7) is 4.41. The molecular formula is C19H23NO3. The normalized spacial score (nSPS) is 11.7. The highest BCUT2D eigenvalue weighted by Gasteiger charge is 2.23. The molecule has 0 saturated heterocycles. The van der Waals surface area contributed by atoms with Gasteiger partial charge >= 0.3 is 0 Å². The van der Waals surface area contributed by atoms with Crippen molar-refractivity contribution in [1.82, 2.24) is 4.90 Å². The maximum Gasteiger partial charge on any atom is 0.257 e. The Hall–Kier alpha value is -2.49. The summed E-state index contributed by atoms with van der Waals surface area (Å²) in [4.78, 5) is 14.6. The number of nitrogens with zero attached hydrogens (tertiary/aromatic N) is 1. The van der Waals surface area contributed by atoms with E-state index in [2.05, 4.69) is 0 Å². The summed E-state index contributed by atoms with van der Waals surface area (Å²) in [6.07, 6.45) is 0. The number of amides is 1.